The maximum absolute atomic E-state index is 9.86. The van der Waals surface area contributed by atoms with E-state index in [0.29, 0.717) is 0 Å². The fourth-order valence-corrected chi connectivity index (χ4v) is 3.54. The van der Waals surface area contributed by atoms with Crippen LogP contribution in [0.25, 0.3) is 0 Å². The molecule has 2 rings (SSSR count). The zero-order chi connectivity index (χ0) is 14.4. The van der Waals surface area contributed by atoms with Crippen LogP contribution in [0.2, 0.25) is 19.6 Å². The van der Waals surface area contributed by atoms with Crippen LogP contribution >= 0.6 is 0 Å². The summed E-state index contributed by atoms with van der Waals surface area (Å²) in [6.45, 7) is 9.44. The summed E-state index contributed by atoms with van der Waals surface area (Å²) in [6.07, 6.45) is -2.96. The topological polar surface area (TPSA) is 77.4 Å². The highest BCUT2D eigenvalue weighted by molar-refractivity contribution is 6.69. The van der Waals surface area contributed by atoms with Gasteiger partial charge in [-0.05, 0) is 33.5 Å². The minimum atomic E-state index is -1.84. The Bertz CT molecular complexity index is 329. The van der Waals surface area contributed by atoms with E-state index in [1.165, 1.54) is 0 Å². The summed E-state index contributed by atoms with van der Waals surface area (Å²) in [5, 5.41) is 19.0. The molecular formula is C12H24O6Si. The Labute approximate surface area is 114 Å². The fraction of sp³-hybridized carbons (Fsp3) is 1.00. The van der Waals surface area contributed by atoms with Crippen LogP contribution in [0.5, 0.6) is 0 Å². The Morgan fingerprint density at radius 1 is 1.26 bits per heavy atom. The van der Waals surface area contributed by atoms with Crippen LogP contribution in [0.15, 0.2) is 0 Å². The lowest BCUT2D eigenvalue weighted by Crippen LogP contribution is -2.48. The van der Waals surface area contributed by atoms with Crippen molar-refractivity contribution in [1.29, 1.82) is 0 Å². The van der Waals surface area contributed by atoms with Gasteiger partial charge in [-0.1, -0.05) is 0 Å². The van der Waals surface area contributed by atoms with Gasteiger partial charge >= 0.3 is 0 Å². The van der Waals surface area contributed by atoms with Gasteiger partial charge in [0, 0.05) is 0 Å². The summed E-state index contributed by atoms with van der Waals surface area (Å²) in [7, 11) is -1.84. The van der Waals surface area contributed by atoms with Crippen molar-refractivity contribution in [1.82, 2.24) is 0 Å². The third-order valence-corrected chi connectivity index (χ3v) is 4.06. The van der Waals surface area contributed by atoms with E-state index < -0.39 is 38.7 Å². The first-order valence-electron chi connectivity index (χ1n) is 6.61. The van der Waals surface area contributed by atoms with Gasteiger partial charge in [0.1, 0.15) is 24.4 Å². The first-order valence-corrected chi connectivity index (χ1v) is 10.0. The number of hydrogen-bond acceptors (Lipinski definition) is 6. The van der Waals surface area contributed by atoms with Gasteiger partial charge in [0.2, 0.25) is 0 Å². The molecule has 5 atom stereocenters. The van der Waals surface area contributed by atoms with Crippen molar-refractivity contribution in [2.24, 2.45) is 0 Å². The van der Waals surface area contributed by atoms with Crippen molar-refractivity contribution in [3.8, 4) is 0 Å². The van der Waals surface area contributed by atoms with Crippen molar-refractivity contribution >= 4 is 8.32 Å². The Morgan fingerprint density at radius 3 is 2.42 bits per heavy atom. The highest BCUT2D eigenvalue weighted by atomic mass is 28.4. The van der Waals surface area contributed by atoms with Crippen LogP contribution in [0.3, 0.4) is 0 Å². The fourth-order valence-electron chi connectivity index (χ4n) is 2.46. The minimum Gasteiger partial charge on any atom is -0.409 e. The quantitative estimate of drug-likeness (QED) is 0.732. The second-order valence-corrected chi connectivity index (χ2v) is 11.0. The molecule has 0 bridgehead atoms. The first kappa shape index (κ1) is 15.4. The number of hydrogen-bond donors (Lipinski definition) is 2. The van der Waals surface area contributed by atoms with Crippen molar-refractivity contribution in [3.63, 3.8) is 0 Å². The van der Waals surface area contributed by atoms with Crippen LogP contribution in [-0.2, 0) is 18.6 Å². The van der Waals surface area contributed by atoms with Gasteiger partial charge in [-0.25, -0.2) is 0 Å². The molecule has 0 radical (unpaired) electrons. The zero-order valence-electron chi connectivity index (χ0n) is 12.1. The smallest absolute Gasteiger partial charge is 0.190 e. The molecule has 2 fully saturated rings. The van der Waals surface area contributed by atoms with E-state index in [4.69, 9.17) is 23.7 Å². The Morgan fingerprint density at radius 2 is 1.89 bits per heavy atom. The van der Waals surface area contributed by atoms with Gasteiger partial charge in [-0.3, -0.25) is 0 Å². The maximum atomic E-state index is 9.86. The lowest BCUT2D eigenvalue weighted by molar-refractivity contribution is -0.226. The van der Waals surface area contributed by atoms with Crippen molar-refractivity contribution in [2.45, 2.75) is 70.0 Å². The molecule has 7 heteroatoms. The third-order valence-electron chi connectivity index (χ3n) is 3.08. The predicted molar refractivity (Wildman–Crippen MR) is 70.0 cm³/mol. The first-order chi connectivity index (χ1) is 8.63. The molecule has 6 nitrogen and oxygen atoms in total. The Balaban J connectivity index is 2.16. The van der Waals surface area contributed by atoms with Crippen molar-refractivity contribution in [2.75, 3.05) is 6.61 Å². The molecule has 2 heterocycles. The molecule has 0 aliphatic carbocycles. The number of aliphatic hydroxyl groups is 2. The summed E-state index contributed by atoms with van der Waals surface area (Å²) in [5.74, 6) is -0.717. The molecule has 0 aromatic rings. The van der Waals surface area contributed by atoms with Gasteiger partial charge in [0.15, 0.2) is 20.4 Å². The molecule has 0 unspecified atom stereocenters. The van der Waals surface area contributed by atoms with Gasteiger partial charge < -0.3 is 28.8 Å². The van der Waals surface area contributed by atoms with E-state index in [1.54, 1.807) is 0 Å². The monoisotopic (exact) mass is 292 g/mol. The van der Waals surface area contributed by atoms with E-state index in [1.807, 2.05) is 13.8 Å². The molecule has 0 aromatic carbocycles. The molecule has 0 spiro atoms. The molecule has 2 aliphatic rings. The summed E-state index contributed by atoms with van der Waals surface area (Å²) in [4.78, 5) is 0. The summed E-state index contributed by atoms with van der Waals surface area (Å²) in [6, 6.07) is 0. The highest BCUT2D eigenvalue weighted by Crippen LogP contribution is 2.40. The number of fused-ring (bicyclic) bond motifs is 1. The van der Waals surface area contributed by atoms with Crippen LogP contribution in [0, 0.1) is 0 Å². The van der Waals surface area contributed by atoms with E-state index in [9.17, 15) is 5.11 Å². The number of ether oxygens (including phenoxy) is 3. The summed E-state index contributed by atoms with van der Waals surface area (Å²) < 4.78 is 23.2. The summed E-state index contributed by atoms with van der Waals surface area (Å²) in [5.41, 5.74) is 0. The summed E-state index contributed by atoms with van der Waals surface area (Å²) >= 11 is 0. The second-order valence-electron chi connectivity index (χ2n) is 6.51. The molecule has 112 valence electrons. The number of aliphatic hydroxyl groups excluding tert-OH is 2. The average molecular weight is 292 g/mol. The molecule has 2 N–H and O–H groups in total. The van der Waals surface area contributed by atoms with Gasteiger partial charge in [0.25, 0.3) is 0 Å². The van der Waals surface area contributed by atoms with E-state index in [-0.39, 0.29) is 12.7 Å². The van der Waals surface area contributed by atoms with Crippen LogP contribution in [-0.4, -0.2) is 61.6 Å². The molecule has 2 aliphatic heterocycles. The number of rotatable bonds is 4. The van der Waals surface area contributed by atoms with Gasteiger partial charge in [0.05, 0.1) is 6.61 Å². The van der Waals surface area contributed by atoms with Crippen molar-refractivity contribution < 1.29 is 28.8 Å². The molecule has 0 aromatic heterocycles. The van der Waals surface area contributed by atoms with Gasteiger partial charge in [-0.2, -0.15) is 0 Å². The lowest BCUT2D eigenvalue weighted by atomic mass is 10.1. The van der Waals surface area contributed by atoms with E-state index in [0.717, 1.165) is 0 Å². The van der Waals surface area contributed by atoms with E-state index in [2.05, 4.69) is 19.6 Å². The lowest BCUT2D eigenvalue weighted by Gasteiger charge is -2.32. The molecule has 0 saturated carbocycles. The molecule has 19 heavy (non-hydrogen) atoms. The van der Waals surface area contributed by atoms with Crippen LogP contribution in [0.1, 0.15) is 13.8 Å². The average Bonchev–Trinajstić information content (AvgIpc) is 2.70. The van der Waals surface area contributed by atoms with E-state index >= 15 is 0 Å². The zero-order valence-corrected chi connectivity index (χ0v) is 13.1. The highest BCUT2D eigenvalue weighted by Gasteiger charge is 2.57. The molecule has 2 saturated heterocycles. The molecule has 0 amide bonds. The Kier molecular flexibility index (Phi) is 4.10. The third kappa shape index (κ3) is 3.36. The van der Waals surface area contributed by atoms with Crippen molar-refractivity contribution in [3.05, 3.63) is 0 Å². The largest absolute Gasteiger partial charge is 0.409 e. The Hall–Kier alpha value is -0.0231. The second kappa shape index (κ2) is 5.07. The molecular weight excluding hydrogens is 268 g/mol. The van der Waals surface area contributed by atoms with Gasteiger partial charge in [-0.15, -0.1) is 0 Å². The SMILES string of the molecule is CC1(C)O[C@H]2O[C@H]([C@H](O)CO)[C@H](O[Si](C)(C)C)[C@H]2O1. The van der Waals surface area contributed by atoms with Crippen LogP contribution in [0.4, 0.5) is 0 Å². The van der Waals surface area contributed by atoms with Crippen LogP contribution < -0.4 is 0 Å². The standard InChI is InChI=1S/C12H24O6Si/c1-12(2)16-10-9(18-19(3,4)5)8(7(14)6-13)15-11(10)17-12/h7-11,13-14H,6H2,1-5H3/t7-,8-,9+,10-,11-/m1/s1. The maximum Gasteiger partial charge on any atom is 0.190 e. The predicted octanol–water partition coefficient (Wildman–Crippen LogP) is 0.436. The minimum absolute atomic E-state index is 0.368. The normalized spacial score (nSPS) is 39.3.